The van der Waals surface area contributed by atoms with E-state index in [9.17, 15) is 4.79 Å². The lowest BCUT2D eigenvalue weighted by Gasteiger charge is -2.38. The molecule has 0 saturated carbocycles. The highest BCUT2D eigenvalue weighted by atomic mass is 16.2. The van der Waals surface area contributed by atoms with Crippen LogP contribution in [-0.4, -0.2) is 29.9 Å². The third-order valence-corrected chi connectivity index (χ3v) is 3.25. The first-order chi connectivity index (χ1) is 7.24. The number of carbonyl (C=O) groups is 1. The van der Waals surface area contributed by atoms with E-state index in [0.29, 0.717) is 6.67 Å². The Morgan fingerprint density at radius 3 is 3.07 bits per heavy atom. The summed E-state index contributed by atoms with van der Waals surface area (Å²) in [6.07, 6.45) is 3.22. The van der Waals surface area contributed by atoms with Gasteiger partial charge in [-0.15, -0.1) is 0 Å². The van der Waals surface area contributed by atoms with Crippen LogP contribution in [0.4, 0.5) is 0 Å². The lowest BCUT2D eigenvalue weighted by atomic mass is 9.92. The number of rotatable bonds is 3. The molecule has 3 atom stereocenters. The van der Waals surface area contributed by atoms with Gasteiger partial charge in [0.15, 0.2) is 6.29 Å². The van der Waals surface area contributed by atoms with Gasteiger partial charge in [-0.2, -0.15) is 0 Å². The van der Waals surface area contributed by atoms with Gasteiger partial charge in [0.2, 0.25) is 5.91 Å². The molecule has 1 amide bonds. The summed E-state index contributed by atoms with van der Waals surface area (Å²) in [4.78, 5) is 12.1. The van der Waals surface area contributed by atoms with Crippen molar-refractivity contribution in [2.75, 3.05) is 6.67 Å². The number of hydrogen-bond donors (Lipinski definition) is 3. The molecule has 0 aromatic heterocycles. The van der Waals surface area contributed by atoms with E-state index in [-0.39, 0.29) is 24.2 Å². The molecule has 2 saturated heterocycles. The van der Waals surface area contributed by atoms with Crippen LogP contribution in [0.5, 0.6) is 0 Å². The average molecular weight is 212 g/mol. The molecule has 2 heterocycles. The van der Waals surface area contributed by atoms with E-state index in [2.05, 4.69) is 29.9 Å². The zero-order chi connectivity index (χ0) is 10.8. The Bertz CT molecular complexity index is 246. The molecule has 0 radical (unpaired) electrons. The molecule has 0 aliphatic carbocycles. The molecule has 0 aromatic rings. The van der Waals surface area contributed by atoms with Crippen LogP contribution in [-0.2, 0) is 4.79 Å². The monoisotopic (exact) mass is 212 g/mol. The summed E-state index contributed by atoms with van der Waals surface area (Å²) in [6, 6.07) is 0.262. The van der Waals surface area contributed by atoms with E-state index in [4.69, 9.17) is 0 Å². The van der Waals surface area contributed by atoms with E-state index in [0.717, 1.165) is 19.3 Å². The topological polar surface area (TPSA) is 56.4 Å². The Hall–Kier alpha value is -0.650. The smallest absolute Gasteiger partial charge is 0.243 e. The maximum Gasteiger partial charge on any atom is 0.243 e. The van der Waals surface area contributed by atoms with Crippen LogP contribution in [0.1, 0.15) is 33.1 Å². The molecule has 15 heavy (non-hydrogen) atoms. The van der Waals surface area contributed by atoms with Crippen molar-refractivity contribution in [3.8, 4) is 0 Å². The Morgan fingerprint density at radius 1 is 1.53 bits per heavy atom. The van der Waals surface area contributed by atoms with Crippen molar-refractivity contribution in [2.24, 2.45) is 5.92 Å². The van der Waals surface area contributed by atoms with Crippen LogP contribution in [0.2, 0.25) is 0 Å². The van der Waals surface area contributed by atoms with Gasteiger partial charge in [0.05, 0.1) is 12.6 Å². The molecule has 3 unspecified atom stereocenters. The van der Waals surface area contributed by atoms with E-state index < -0.39 is 0 Å². The summed E-state index contributed by atoms with van der Waals surface area (Å²) in [5, 5.41) is 8.27. The van der Waals surface area contributed by atoms with Crippen LogP contribution in [0.3, 0.4) is 0 Å². The maximum atomic E-state index is 12.1. The summed E-state index contributed by atoms with van der Waals surface area (Å²) in [7, 11) is 0. The molecule has 5 nitrogen and oxygen atoms in total. The van der Waals surface area contributed by atoms with Gasteiger partial charge in [-0.05, 0) is 13.3 Å². The fourth-order valence-corrected chi connectivity index (χ4v) is 2.30. The zero-order valence-corrected chi connectivity index (χ0v) is 9.42. The molecule has 0 spiro atoms. The molecule has 86 valence electrons. The number of hydrogen-bond acceptors (Lipinski definition) is 4. The van der Waals surface area contributed by atoms with Crippen molar-refractivity contribution in [2.45, 2.75) is 45.4 Å². The fraction of sp³-hybridized carbons (Fsp3) is 0.900. The van der Waals surface area contributed by atoms with Crippen molar-refractivity contribution < 1.29 is 4.79 Å². The predicted octanol–water partition coefficient (Wildman–Crippen LogP) is -0.0380. The Labute approximate surface area is 90.6 Å². The lowest BCUT2D eigenvalue weighted by Crippen LogP contribution is -2.64. The standard InChI is InChI=1S/C10H20N4O/c1-3-4-5-8-7(2)13-10-11-6-12-14(10)9(8)15/h7-8,10-13H,3-6H2,1-2H3. The highest BCUT2D eigenvalue weighted by molar-refractivity contribution is 5.80. The van der Waals surface area contributed by atoms with Crippen molar-refractivity contribution in [1.82, 2.24) is 21.1 Å². The Morgan fingerprint density at radius 2 is 2.33 bits per heavy atom. The number of nitrogens with one attached hydrogen (secondary N) is 3. The van der Waals surface area contributed by atoms with Gasteiger partial charge in [-0.3, -0.25) is 15.4 Å². The highest BCUT2D eigenvalue weighted by Crippen LogP contribution is 2.21. The number of nitrogens with zero attached hydrogens (tertiary/aromatic N) is 1. The number of carbonyl (C=O) groups excluding carboxylic acids is 1. The number of fused-ring (bicyclic) bond motifs is 1. The normalized spacial score (nSPS) is 35.7. The second-order valence-electron chi connectivity index (χ2n) is 4.35. The maximum absolute atomic E-state index is 12.1. The number of unbranched alkanes of at least 4 members (excludes halogenated alkanes) is 1. The van der Waals surface area contributed by atoms with E-state index in [1.54, 1.807) is 5.01 Å². The molecule has 2 fully saturated rings. The molecule has 2 rings (SSSR count). The Kier molecular flexibility index (Phi) is 3.23. The van der Waals surface area contributed by atoms with Gasteiger partial charge >= 0.3 is 0 Å². The van der Waals surface area contributed by atoms with Crippen molar-refractivity contribution in [1.29, 1.82) is 0 Å². The summed E-state index contributed by atoms with van der Waals surface area (Å²) in [6.45, 7) is 4.91. The second-order valence-corrected chi connectivity index (χ2v) is 4.35. The van der Waals surface area contributed by atoms with E-state index in [1.807, 2.05) is 0 Å². The minimum atomic E-state index is -0.0228. The first-order valence-corrected chi connectivity index (χ1v) is 5.80. The van der Waals surface area contributed by atoms with Gasteiger partial charge in [0.1, 0.15) is 0 Å². The molecule has 5 heteroatoms. The van der Waals surface area contributed by atoms with Crippen LogP contribution < -0.4 is 16.1 Å². The van der Waals surface area contributed by atoms with Gasteiger partial charge in [-0.25, -0.2) is 10.4 Å². The average Bonchev–Trinajstić information content (AvgIpc) is 2.65. The Balaban J connectivity index is 2.01. The third-order valence-electron chi connectivity index (χ3n) is 3.25. The van der Waals surface area contributed by atoms with E-state index >= 15 is 0 Å². The zero-order valence-electron chi connectivity index (χ0n) is 9.42. The summed E-state index contributed by atoms with van der Waals surface area (Å²) < 4.78 is 0. The fourth-order valence-electron chi connectivity index (χ4n) is 2.30. The molecular weight excluding hydrogens is 192 g/mol. The first kappa shape index (κ1) is 10.9. The molecular formula is C10H20N4O. The molecule has 0 aromatic carbocycles. The van der Waals surface area contributed by atoms with Gasteiger partial charge in [0.25, 0.3) is 0 Å². The predicted molar refractivity (Wildman–Crippen MR) is 57.4 cm³/mol. The summed E-state index contributed by atoms with van der Waals surface area (Å²) in [5.41, 5.74) is 3.05. The second kappa shape index (κ2) is 4.47. The van der Waals surface area contributed by atoms with Gasteiger partial charge in [-0.1, -0.05) is 19.8 Å². The van der Waals surface area contributed by atoms with E-state index in [1.165, 1.54) is 0 Å². The molecule has 3 N–H and O–H groups in total. The van der Waals surface area contributed by atoms with Crippen LogP contribution in [0.15, 0.2) is 0 Å². The van der Waals surface area contributed by atoms with Crippen molar-refractivity contribution >= 4 is 5.91 Å². The lowest BCUT2D eigenvalue weighted by molar-refractivity contribution is -0.146. The molecule has 0 bridgehead atoms. The quantitative estimate of drug-likeness (QED) is 0.614. The summed E-state index contributed by atoms with van der Waals surface area (Å²) >= 11 is 0. The first-order valence-electron chi connectivity index (χ1n) is 5.80. The minimum Gasteiger partial charge on any atom is -0.280 e. The molecule has 2 aliphatic heterocycles. The van der Waals surface area contributed by atoms with Gasteiger partial charge < -0.3 is 0 Å². The van der Waals surface area contributed by atoms with Crippen LogP contribution in [0.25, 0.3) is 0 Å². The van der Waals surface area contributed by atoms with Crippen molar-refractivity contribution in [3.05, 3.63) is 0 Å². The van der Waals surface area contributed by atoms with Crippen molar-refractivity contribution in [3.63, 3.8) is 0 Å². The summed E-state index contributed by atoms with van der Waals surface area (Å²) in [5.74, 6) is 0.346. The SMILES string of the molecule is CCCCC1C(=O)N2NCNC2NC1C. The van der Waals surface area contributed by atoms with Crippen LogP contribution >= 0.6 is 0 Å². The highest BCUT2D eigenvalue weighted by Gasteiger charge is 2.41. The molecule has 2 aliphatic rings. The third kappa shape index (κ3) is 2.00. The number of hydrazine groups is 1. The minimum absolute atomic E-state index is 0.0228. The van der Waals surface area contributed by atoms with Crippen LogP contribution in [0, 0.1) is 5.92 Å². The number of amides is 1. The van der Waals surface area contributed by atoms with Gasteiger partial charge in [0, 0.05) is 6.04 Å². The largest absolute Gasteiger partial charge is 0.280 e.